The summed E-state index contributed by atoms with van der Waals surface area (Å²) in [5.41, 5.74) is -0.00426. The third-order valence-corrected chi connectivity index (χ3v) is 5.75. The quantitative estimate of drug-likeness (QED) is 0.597. The minimum atomic E-state index is -1.08. The highest BCUT2D eigenvalue weighted by atomic mass is 19.1. The van der Waals surface area contributed by atoms with Crippen molar-refractivity contribution in [2.24, 2.45) is 5.92 Å². The molecule has 0 aromatic heterocycles. The van der Waals surface area contributed by atoms with E-state index in [9.17, 15) is 23.2 Å². The Morgan fingerprint density at radius 2 is 1.93 bits per heavy atom. The second kappa shape index (κ2) is 9.86. The molecule has 3 rings (SSSR count). The summed E-state index contributed by atoms with van der Waals surface area (Å²) in [5.74, 6) is -3.01. The standard InChI is InChI=1S/C21H27F2N3O4/c1-2-4-16(20(28)24-12-27)19-17(22)7-15(8-18(19)23)26-9-14(10-26)25-21(29)30-11-13-5-3-6-13/h7-8,12-14,16H,2-6,9-11H2,1H3,(H,25,29)(H,24,27,28). The number of benzene rings is 1. The first kappa shape index (κ1) is 22.0. The summed E-state index contributed by atoms with van der Waals surface area (Å²) in [6.45, 7) is 3.02. The van der Waals surface area contributed by atoms with Gasteiger partial charge in [0.25, 0.3) is 0 Å². The molecule has 1 atom stereocenters. The van der Waals surface area contributed by atoms with Crippen LogP contribution < -0.4 is 15.5 Å². The topological polar surface area (TPSA) is 87.7 Å². The molecule has 7 nitrogen and oxygen atoms in total. The van der Waals surface area contributed by atoms with Gasteiger partial charge in [-0.1, -0.05) is 19.8 Å². The summed E-state index contributed by atoms with van der Waals surface area (Å²) < 4.78 is 34.6. The summed E-state index contributed by atoms with van der Waals surface area (Å²) >= 11 is 0. The summed E-state index contributed by atoms with van der Waals surface area (Å²) in [6.07, 6.45) is 3.84. The Labute approximate surface area is 174 Å². The fourth-order valence-electron chi connectivity index (χ4n) is 3.78. The van der Waals surface area contributed by atoms with Gasteiger partial charge in [0.15, 0.2) is 0 Å². The molecular formula is C21H27F2N3O4. The van der Waals surface area contributed by atoms with Gasteiger partial charge in [-0.2, -0.15) is 0 Å². The molecular weight excluding hydrogens is 396 g/mol. The molecule has 1 aromatic rings. The number of imide groups is 1. The zero-order valence-corrected chi connectivity index (χ0v) is 17.0. The monoisotopic (exact) mass is 423 g/mol. The highest BCUT2D eigenvalue weighted by molar-refractivity contribution is 5.91. The fourth-order valence-corrected chi connectivity index (χ4v) is 3.78. The third kappa shape index (κ3) is 5.06. The SMILES string of the molecule is CCCC(C(=O)NC=O)c1c(F)cc(N2CC(NC(=O)OCC3CCC3)C2)cc1F. The highest BCUT2D eigenvalue weighted by Gasteiger charge is 2.32. The molecule has 2 N–H and O–H groups in total. The zero-order valence-electron chi connectivity index (χ0n) is 17.0. The minimum Gasteiger partial charge on any atom is -0.449 e. The number of alkyl carbamates (subject to hydrolysis) is 1. The average molecular weight is 423 g/mol. The summed E-state index contributed by atoms with van der Waals surface area (Å²) in [7, 11) is 0. The molecule has 1 aliphatic heterocycles. The largest absolute Gasteiger partial charge is 0.449 e. The molecule has 0 radical (unpaired) electrons. The van der Waals surface area contributed by atoms with Crippen LogP contribution in [0, 0.1) is 17.6 Å². The maximum atomic E-state index is 14.7. The van der Waals surface area contributed by atoms with Crippen molar-refractivity contribution in [3.8, 4) is 0 Å². The number of hydrogen-bond acceptors (Lipinski definition) is 5. The van der Waals surface area contributed by atoms with Crippen molar-refractivity contribution in [3.05, 3.63) is 29.3 Å². The number of ether oxygens (including phenoxy) is 1. The van der Waals surface area contributed by atoms with Crippen molar-refractivity contribution in [2.75, 3.05) is 24.6 Å². The zero-order chi connectivity index (χ0) is 21.7. The van der Waals surface area contributed by atoms with E-state index in [1.54, 1.807) is 11.8 Å². The van der Waals surface area contributed by atoms with Gasteiger partial charge in [0.2, 0.25) is 12.3 Å². The van der Waals surface area contributed by atoms with Crippen LogP contribution in [-0.2, 0) is 14.3 Å². The Morgan fingerprint density at radius 3 is 2.47 bits per heavy atom. The van der Waals surface area contributed by atoms with Gasteiger partial charge in [-0.05, 0) is 37.3 Å². The average Bonchev–Trinajstić information content (AvgIpc) is 2.61. The minimum absolute atomic E-state index is 0.157. The van der Waals surface area contributed by atoms with Crippen LogP contribution in [0.1, 0.15) is 50.5 Å². The van der Waals surface area contributed by atoms with Crippen LogP contribution in [0.2, 0.25) is 0 Å². The third-order valence-electron chi connectivity index (χ3n) is 5.75. The van der Waals surface area contributed by atoms with Gasteiger partial charge in [0, 0.05) is 24.3 Å². The summed E-state index contributed by atoms with van der Waals surface area (Å²) in [4.78, 5) is 36.1. The van der Waals surface area contributed by atoms with E-state index in [2.05, 4.69) is 5.32 Å². The normalized spacial score (nSPS) is 17.5. The highest BCUT2D eigenvalue weighted by Crippen LogP contribution is 2.32. The van der Waals surface area contributed by atoms with Crippen LogP contribution in [-0.4, -0.2) is 44.1 Å². The van der Waals surface area contributed by atoms with Gasteiger partial charge in [0.1, 0.15) is 11.6 Å². The number of rotatable bonds is 9. The molecule has 3 amide bonds. The predicted molar refractivity (Wildman–Crippen MR) is 106 cm³/mol. The molecule has 1 saturated carbocycles. The number of nitrogens with one attached hydrogen (secondary N) is 2. The van der Waals surface area contributed by atoms with E-state index in [0.717, 1.165) is 12.8 Å². The van der Waals surface area contributed by atoms with Gasteiger partial charge in [-0.3, -0.25) is 14.9 Å². The maximum absolute atomic E-state index is 14.7. The first-order valence-corrected chi connectivity index (χ1v) is 10.3. The van der Waals surface area contributed by atoms with Gasteiger partial charge >= 0.3 is 6.09 Å². The Morgan fingerprint density at radius 1 is 1.27 bits per heavy atom. The molecule has 1 aromatic carbocycles. The van der Waals surface area contributed by atoms with Crippen molar-refractivity contribution in [1.29, 1.82) is 0 Å². The Balaban J connectivity index is 1.58. The van der Waals surface area contributed by atoms with Gasteiger partial charge < -0.3 is 15.0 Å². The van der Waals surface area contributed by atoms with E-state index in [4.69, 9.17) is 4.74 Å². The molecule has 1 unspecified atom stereocenters. The van der Waals surface area contributed by atoms with Gasteiger partial charge in [-0.15, -0.1) is 0 Å². The van der Waals surface area contributed by atoms with Crippen LogP contribution in [0.5, 0.6) is 0 Å². The molecule has 0 spiro atoms. The van der Waals surface area contributed by atoms with Crippen molar-refractivity contribution in [1.82, 2.24) is 10.6 Å². The van der Waals surface area contributed by atoms with E-state index in [0.29, 0.717) is 37.7 Å². The van der Waals surface area contributed by atoms with Crippen molar-refractivity contribution >= 4 is 24.1 Å². The lowest BCUT2D eigenvalue weighted by Gasteiger charge is -2.41. The van der Waals surface area contributed by atoms with Gasteiger partial charge in [-0.25, -0.2) is 13.6 Å². The summed E-state index contributed by atoms with van der Waals surface area (Å²) in [6, 6.07) is 2.21. The van der Waals surface area contributed by atoms with Crippen molar-refractivity contribution in [3.63, 3.8) is 0 Å². The number of anilines is 1. The first-order valence-electron chi connectivity index (χ1n) is 10.3. The van der Waals surface area contributed by atoms with Gasteiger partial charge in [0.05, 0.1) is 18.6 Å². The van der Waals surface area contributed by atoms with E-state index in [1.807, 2.05) is 5.32 Å². The first-order chi connectivity index (χ1) is 14.4. The number of halogens is 2. The second-order valence-corrected chi connectivity index (χ2v) is 7.93. The van der Waals surface area contributed by atoms with Crippen LogP contribution in [0.3, 0.4) is 0 Å². The Bertz CT molecular complexity index is 771. The van der Waals surface area contributed by atoms with Crippen molar-refractivity contribution < 1.29 is 27.9 Å². The second-order valence-electron chi connectivity index (χ2n) is 7.93. The smallest absolute Gasteiger partial charge is 0.407 e. The van der Waals surface area contributed by atoms with Crippen LogP contribution in [0.25, 0.3) is 0 Å². The lowest BCUT2D eigenvalue weighted by atomic mass is 9.86. The Kier molecular flexibility index (Phi) is 7.23. The predicted octanol–water partition coefficient (Wildman–Crippen LogP) is 2.84. The van der Waals surface area contributed by atoms with E-state index in [1.165, 1.54) is 18.6 Å². The molecule has 164 valence electrons. The van der Waals surface area contributed by atoms with E-state index < -0.39 is 29.6 Å². The molecule has 2 aliphatic rings. The Hall–Kier alpha value is -2.71. The van der Waals surface area contributed by atoms with E-state index in [-0.39, 0.29) is 24.4 Å². The lowest BCUT2D eigenvalue weighted by Crippen LogP contribution is -2.59. The fraction of sp³-hybridized carbons (Fsp3) is 0.571. The number of nitrogens with zero attached hydrogens (tertiary/aromatic N) is 1. The molecule has 0 bridgehead atoms. The molecule has 1 saturated heterocycles. The molecule has 1 aliphatic carbocycles. The molecule has 30 heavy (non-hydrogen) atoms. The molecule has 1 heterocycles. The molecule has 2 fully saturated rings. The number of hydrogen-bond donors (Lipinski definition) is 2. The number of amides is 3. The molecule has 9 heteroatoms. The van der Waals surface area contributed by atoms with E-state index >= 15 is 0 Å². The summed E-state index contributed by atoms with van der Waals surface area (Å²) in [5, 5.41) is 4.72. The van der Waals surface area contributed by atoms with Crippen LogP contribution >= 0.6 is 0 Å². The number of carbonyl (C=O) groups is 3. The number of carbonyl (C=O) groups excluding carboxylic acids is 3. The van der Waals surface area contributed by atoms with Crippen LogP contribution in [0.15, 0.2) is 12.1 Å². The maximum Gasteiger partial charge on any atom is 0.407 e. The van der Waals surface area contributed by atoms with Crippen molar-refractivity contribution in [2.45, 2.75) is 51.0 Å². The van der Waals surface area contributed by atoms with Crippen LogP contribution in [0.4, 0.5) is 19.3 Å². The lowest BCUT2D eigenvalue weighted by molar-refractivity contribution is -0.126.